The molecule has 0 aliphatic carbocycles. The van der Waals surface area contributed by atoms with Gasteiger partial charge in [-0.25, -0.2) is 9.48 Å². The highest BCUT2D eigenvalue weighted by Crippen LogP contribution is 2.19. The summed E-state index contributed by atoms with van der Waals surface area (Å²) in [5.41, 5.74) is 0.740. The van der Waals surface area contributed by atoms with Crippen molar-refractivity contribution < 1.29 is 0 Å². The fraction of sp³-hybridized carbons (Fsp3) is 0.273. The summed E-state index contributed by atoms with van der Waals surface area (Å²) in [4.78, 5) is 11.5. The van der Waals surface area contributed by atoms with Crippen LogP contribution in [0.3, 0.4) is 0 Å². The summed E-state index contributed by atoms with van der Waals surface area (Å²) in [5.74, 6) is 0. The van der Waals surface area contributed by atoms with Crippen LogP contribution in [-0.2, 0) is 13.6 Å². The summed E-state index contributed by atoms with van der Waals surface area (Å²) < 4.78 is 2.85. The Morgan fingerprint density at radius 1 is 1.41 bits per heavy atom. The molecule has 0 aliphatic rings. The van der Waals surface area contributed by atoms with E-state index in [1.54, 1.807) is 7.05 Å². The van der Waals surface area contributed by atoms with Gasteiger partial charge in [0.15, 0.2) is 0 Å². The SMILES string of the molecule is Cn1cnn(CCNc2ccccc2Cl)c1=O. The average molecular weight is 253 g/mol. The molecule has 0 spiro atoms. The summed E-state index contributed by atoms with van der Waals surface area (Å²) >= 11 is 5.99. The van der Waals surface area contributed by atoms with Gasteiger partial charge in [0.1, 0.15) is 6.33 Å². The number of hydrogen-bond acceptors (Lipinski definition) is 3. The van der Waals surface area contributed by atoms with Gasteiger partial charge in [-0.1, -0.05) is 23.7 Å². The third-order valence-electron chi connectivity index (χ3n) is 2.40. The standard InChI is InChI=1S/C11H13ClN4O/c1-15-8-14-16(11(15)17)7-6-13-10-5-3-2-4-9(10)12/h2-5,8,13H,6-7H2,1H3. The Balaban J connectivity index is 1.95. The molecular weight excluding hydrogens is 240 g/mol. The van der Waals surface area contributed by atoms with Crippen molar-refractivity contribution in [1.29, 1.82) is 0 Å². The molecular formula is C11H13ClN4O. The molecule has 1 aromatic carbocycles. The number of benzene rings is 1. The third kappa shape index (κ3) is 2.68. The normalized spacial score (nSPS) is 10.5. The van der Waals surface area contributed by atoms with Crippen molar-refractivity contribution in [2.75, 3.05) is 11.9 Å². The van der Waals surface area contributed by atoms with Crippen molar-refractivity contribution >= 4 is 17.3 Å². The number of hydrogen-bond donors (Lipinski definition) is 1. The largest absolute Gasteiger partial charge is 0.382 e. The molecule has 0 atom stereocenters. The summed E-state index contributed by atoms with van der Waals surface area (Å²) in [7, 11) is 1.67. The Bertz CT molecular complexity index is 561. The first-order valence-electron chi connectivity index (χ1n) is 5.25. The van der Waals surface area contributed by atoms with Crippen LogP contribution >= 0.6 is 11.6 Å². The molecule has 0 radical (unpaired) electrons. The highest BCUT2D eigenvalue weighted by atomic mass is 35.5. The molecule has 0 unspecified atom stereocenters. The predicted molar refractivity (Wildman–Crippen MR) is 67.4 cm³/mol. The highest BCUT2D eigenvalue weighted by Gasteiger charge is 2.01. The Morgan fingerprint density at radius 3 is 2.82 bits per heavy atom. The van der Waals surface area contributed by atoms with Gasteiger partial charge >= 0.3 is 5.69 Å². The minimum absolute atomic E-state index is 0.119. The zero-order chi connectivity index (χ0) is 12.3. The lowest BCUT2D eigenvalue weighted by molar-refractivity contribution is 0.605. The number of rotatable bonds is 4. The second-order valence-corrected chi connectivity index (χ2v) is 4.06. The number of para-hydroxylation sites is 1. The van der Waals surface area contributed by atoms with E-state index in [4.69, 9.17) is 11.6 Å². The lowest BCUT2D eigenvalue weighted by atomic mass is 10.3. The summed E-state index contributed by atoms with van der Waals surface area (Å²) in [6, 6.07) is 7.48. The van der Waals surface area contributed by atoms with Gasteiger partial charge < -0.3 is 5.32 Å². The van der Waals surface area contributed by atoms with E-state index >= 15 is 0 Å². The smallest absolute Gasteiger partial charge is 0.345 e. The van der Waals surface area contributed by atoms with Crippen LogP contribution in [0, 0.1) is 0 Å². The molecule has 2 aromatic rings. The topological polar surface area (TPSA) is 51.9 Å². The molecule has 17 heavy (non-hydrogen) atoms. The highest BCUT2D eigenvalue weighted by molar-refractivity contribution is 6.33. The molecule has 0 saturated heterocycles. The van der Waals surface area contributed by atoms with Crippen molar-refractivity contribution in [3.8, 4) is 0 Å². The van der Waals surface area contributed by atoms with E-state index in [0.29, 0.717) is 18.1 Å². The first-order chi connectivity index (χ1) is 8.18. The molecule has 2 rings (SSSR count). The monoisotopic (exact) mass is 252 g/mol. The van der Waals surface area contributed by atoms with E-state index in [9.17, 15) is 4.79 Å². The van der Waals surface area contributed by atoms with Crippen LogP contribution in [-0.4, -0.2) is 20.9 Å². The molecule has 90 valence electrons. The Kier molecular flexibility index (Phi) is 3.49. The van der Waals surface area contributed by atoms with Gasteiger partial charge in [0.2, 0.25) is 0 Å². The fourth-order valence-corrected chi connectivity index (χ4v) is 1.68. The predicted octanol–water partition coefficient (Wildman–Crippen LogP) is 1.35. The van der Waals surface area contributed by atoms with Gasteiger partial charge in [-0.2, -0.15) is 5.10 Å². The second kappa shape index (κ2) is 5.05. The maximum atomic E-state index is 11.5. The van der Waals surface area contributed by atoms with Crippen LogP contribution < -0.4 is 11.0 Å². The van der Waals surface area contributed by atoms with Gasteiger partial charge in [0.25, 0.3) is 0 Å². The summed E-state index contributed by atoms with van der Waals surface area (Å²) in [6.45, 7) is 1.10. The number of anilines is 1. The quantitative estimate of drug-likeness (QED) is 0.894. The van der Waals surface area contributed by atoms with Gasteiger partial charge in [-0.05, 0) is 12.1 Å². The lowest BCUT2D eigenvalue weighted by Crippen LogP contribution is -2.25. The molecule has 0 amide bonds. The van der Waals surface area contributed by atoms with Crippen molar-refractivity contribution in [1.82, 2.24) is 14.3 Å². The fourth-order valence-electron chi connectivity index (χ4n) is 1.48. The maximum Gasteiger partial charge on any atom is 0.345 e. The number of halogens is 1. The number of nitrogens with one attached hydrogen (secondary N) is 1. The number of aromatic nitrogens is 3. The first kappa shape index (κ1) is 11.7. The molecule has 1 heterocycles. The molecule has 1 N–H and O–H groups in total. The maximum absolute atomic E-state index is 11.5. The second-order valence-electron chi connectivity index (χ2n) is 3.65. The first-order valence-corrected chi connectivity index (χ1v) is 5.63. The van der Waals surface area contributed by atoms with Crippen LogP contribution in [0.15, 0.2) is 35.4 Å². The van der Waals surface area contributed by atoms with Gasteiger partial charge in [-0.3, -0.25) is 4.57 Å². The summed E-state index contributed by atoms with van der Waals surface area (Å²) in [6.07, 6.45) is 1.50. The Hall–Kier alpha value is -1.75. The van der Waals surface area contributed by atoms with E-state index < -0.39 is 0 Å². The zero-order valence-corrected chi connectivity index (χ0v) is 10.2. The van der Waals surface area contributed by atoms with Gasteiger partial charge in [-0.15, -0.1) is 0 Å². The van der Waals surface area contributed by atoms with E-state index in [1.165, 1.54) is 15.6 Å². The van der Waals surface area contributed by atoms with Crippen molar-refractivity contribution in [2.45, 2.75) is 6.54 Å². The van der Waals surface area contributed by atoms with Crippen LogP contribution in [0.25, 0.3) is 0 Å². The lowest BCUT2D eigenvalue weighted by Gasteiger charge is -2.07. The number of aryl methyl sites for hydroxylation is 1. The third-order valence-corrected chi connectivity index (χ3v) is 2.73. The van der Waals surface area contributed by atoms with E-state index in [0.717, 1.165) is 5.69 Å². The minimum Gasteiger partial charge on any atom is -0.382 e. The van der Waals surface area contributed by atoms with Crippen LogP contribution in [0.2, 0.25) is 5.02 Å². The van der Waals surface area contributed by atoms with Crippen molar-refractivity contribution in [2.24, 2.45) is 7.05 Å². The van der Waals surface area contributed by atoms with Gasteiger partial charge in [0, 0.05) is 13.6 Å². The van der Waals surface area contributed by atoms with E-state index in [-0.39, 0.29) is 5.69 Å². The number of nitrogens with zero attached hydrogens (tertiary/aromatic N) is 3. The Morgan fingerprint density at radius 2 is 2.18 bits per heavy atom. The Labute approximate surface area is 104 Å². The molecule has 0 bridgehead atoms. The molecule has 6 heteroatoms. The zero-order valence-electron chi connectivity index (χ0n) is 9.43. The molecule has 0 fully saturated rings. The molecule has 0 saturated carbocycles. The van der Waals surface area contributed by atoms with Crippen LogP contribution in [0.1, 0.15) is 0 Å². The van der Waals surface area contributed by atoms with Crippen molar-refractivity contribution in [3.05, 3.63) is 46.1 Å². The van der Waals surface area contributed by atoms with E-state index in [2.05, 4.69) is 10.4 Å². The van der Waals surface area contributed by atoms with Crippen LogP contribution in [0.4, 0.5) is 5.69 Å². The summed E-state index contributed by atoms with van der Waals surface area (Å²) in [5, 5.41) is 7.79. The average Bonchev–Trinajstić information content (AvgIpc) is 2.63. The minimum atomic E-state index is -0.119. The van der Waals surface area contributed by atoms with Gasteiger partial charge in [0.05, 0.1) is 17.3 Å². The molecule has 1 aromatic heterocycles. The van der Waals surface area contributed by atoms with Crippen LogP contribution in [0.5, 0.6) is 0 Å². The molecule has 5 nitrogen and oxygen atoms in total. The van der Waals surface area contributed by atoms with E-state index in [1.807, 2.05) is 24.3 Å². The van der Waals surface area contributed by atoms with Crippen molar-refractivity contribution in [3.63, 3.8) is 0 Å². The molecule has 0 aliphatic heterocycles.